The number of non-ortho nitro benzene ring substituents is 1. The quantitative estimate of drug-likeness (QED) is 0.472. The zero-order valence-corrected chi connectivity index (χ0v) is 13.9. The van der Waals surface area contributed by atoms with Gasteiger partial charge in [-0.3, -0.25) is 10.1 Å². The van der Waals surface area contributed by atoms with Crippen LogP contribution in [0.1, 0.15) is 56.8 Å². The summed E-state index contributed by atoms with van der Waals surface area (Å²) in [5.74, 6) is 0.709. The van der Waals surface area contributed by atoms with Gasteiger partial charge in [-0.2, -0.15) is 0 Å². The summed E-state index contributed by atoms with van der Waals surface area (Å²) < 4.78 is 6.07. The van der Waals surface area contributed by atoms with E-state index in [-0.39, 0.29) is 17.1 Å². The molecule has 2 fully saturated rings. The molecule has 2 bridgehead atoms. The van der Waals surface area contributed by atoms with Gasteiger partial charge in [0.2, 0.25) is 0 Å². The van der Waals surface area contributed by atoms with E-state index >= 15 is 0 Å². The van der Waals surface area contributed by atoms with Crippen molar-refractivity contribution in [3.63, 3.8) is 0 Å². The van der Waals surface area contributed by atoms with E-state index in [4.69, 9.17) is 4.74 Å². The van der Waals surface area contributed by atoms with Crippen molar-refractivity contribution >= 4 is 11.7 Å². The van der Waals surface area contributed by atoms with Gasteiger partial charge in [0.15, 0.2) is 0 Å². The third kappa shape index (κ3) is 2.62. The first kappa shape index (κ1) is 16.0. The molecule has 0 heterocycles. The lowest BCUT2D eigenvalue weighted by molar-refractivity contribution is -0.384. The Hall–Kier alpha value is -1.91. The van der Waals surface area contributed by atoms with Crippen molar-refractivity contribution in [3.05, 3.63) is 39.9 Å². The lowest BCUT2D eigenvalue weighted by Gasteiger charge is -2.47. The first-order chi connectivity index (χ1) is 10.7. The second-order valence-corrected chi connectivity index (χ2v) is 7.91. The monoisotopic (exact) mass is 317 g/mol. The van der Waals surface area contributed by atoms with E-state index in [0.717, 1.165) is 19.3 Å². The number of nitro benzene ring substituents is 1. The molecular weight excluding hydrogens is 294 g/mol. The van der Waals surface area contributed by atoms with Crippen LogP contribution < -0.4 is 0 Å². The Bertz CT molecular complexity index is 631. The standard InChI is InChI=1S/C18H23NO4/c1-17(2,3)18(11-12-4-7-14(18)10-12)23-16(20)13-5-8-15(9-6-13)19(21)22/h5-6,8-9,12,14H,4,7,10-11H2,1-3H3. The highest BCUT2D eigenvalue weighted by atomic mass is 16.6. The first-order valence-corrected chi connectivity index (χ1v) is 8.21. The zero-order chi connectivity index (χ0) is 16.8. The van der Waals surface area contributed by atoms with Crippen molar-refractivity contribution < 1.29 is 14.5 Å². The van der Waals surface area contributed by atoms with E-state index in [1.165, 1.54) is 30.7 Å². The van der Waals surface area contributed by atoms with Crippen molar-refractivity contribution in [2.45, 2.75) is 52.1 Å². The van der Waals surface area contributed by atoms with Gasteiger partial charge < -0.3 is 4.74 Å². The number of hydrogen-bond donors (Lipinski definition) is 0. The van der Waals surface area contributed by atoms with Crippen molar-refractivity contribution in [1.82, 2.24) is 0 Å². The third-order valence-electron chi connectivity index (χ3n) is 5.65. The molecule has 0 aromatic heterocycles. The molecule has 0 aliphatic heterocycles. The topological polar surface area (TPSA) is 69.4 Å². The molecule has 3 unspecified atom stereocenters. The van der Waals surface area contributed by atoms with Crippen LogP contribution in [0.25, 0.3) is 0 Å². The fourth-order valence-electron chi connectivity index (χ4n) is 4.42. The predicted octanol–water partition coefficient (Wildman–Crippen LogP) is 4.36. The Morgan fingerprint density at radius 3 is 2.35 bits per heavy atom. The van der Waals surface area contributed by atoms with Crippen molar-refractivity contribution in [2.24, 2.45) is 17.3 Å². The number of benzene rings is 1. The number of fused-ring (bicyclic) bond motifs is 2. The lowest BCUT2D eigenvalue weighted by Crippen LogP contribution is -2.51. The van der Waals surface area contributed by atoms with Crippen LogP contribution in [0.15, 0.2) is 24.3 Å². The molecule has 0 amide bonds. The fourth-order valence-corrected chi connectivity index (χ4v) is 4.42. The molecule has 5 nitrogen and oxygen atoms in total. The van der Waals surface area contributed by atoms with Crippen LogP contribution in [0.4, 0.5) is 5.69 Å². The number of hydrogen-bond acceptors (Lipinski definition) is 4. The van der Waals surface area contributed by atoms with E-state index in [1.54, 1.807) is 0 Å². The molecule has 0 saturated heterocycles. The molecule has 5 heteroatoms. The molecule has 3 rings (SSSR count). The number of carbonyl (C=O) groups excluding carboxylic acids is 1. The molecule has 2 aliphatic carbocycles. The summed E-state index contributed by atoms with van der Waals surface area (Å²) in [6.07, 6.45) is 4.43. The molecule has 0 radical (unpaired) electrons. The Morgan fingerprint density at radius 2 is 1.91 bits per heavy atom. The number of ether oxygens (including phenoxy) is 1. The largest absolute Gasteiger partial charge is 0.455 e. The molecule has 23 heavy (non-hydrogen) atoms. The molecule has 124 valence electrons. The number of nitrogens with zero attached hydrogens (tertiary/aromatic N) is 1. The Morgan fingerprint density at radius 1 is 1.26 bits per heavy atom. The second kappa shape index (κ2) is 5.32. The summed E-state index contributed by atoms with van der Waals surface area (Å²) in [5, 5.41) is 10.7. The maximum atomic E-state index is 12.6. The molecule has 0 N–H and O–H groups in total. The molecule has 1 aromatic rings. The fraction of sp³-hybridized carbons (Fsp3) is 0.611. The minimum atomic E-state index is -0.471. The van der Waals surface area contributed by atoms with E-state index in [0.29, 0.717) is 17.4 Å². The van der Waals surface area contributed by atoms with Crippen LogP contribution in [0.5, 0.6) is 0 Å². The highest BCUT2D eigenvalue weighted by Gasteiger charge is 2.59. The summed E-state index contributed by atoms with van der Waals surface area (Å²) in [6.45, 7) is 6.41. The van der Waals surface area contributed by atoms with Gasteiger partial charge >= 0.3 is 5.97 Å². The Balaban J connectivity index is 1.83. The van der Waals surface area contributed by atoms with Crippen molar-refractivity contribution in [2.75, 3.05) is 0 Å². The number of rotatable bonds is 3. The highest BCUT2D eigenvalue weighted by Crippen LogP contribution is 2.59. The number of nitro groups is 1. The van der Waals surface area contributed by atoms with Gasteiger partial charge in [-0.25, -0.2) is 4.79 Å². The van der Waals surface area contributed by atoms with Crippen LogP contribution in [0.2, 0.25) is 0 Å². The molecule has 2 saturated carbocycles. The normalized spacial score (nSPS) is 29.5. The smallest absolute Gasteiger partial charge is 0.338 e. The molecule has 1 aromatic carbocycles. The SMILES string of the molecule is CC(C)(C)C1(OC(=O)c2ccc([N+](=O)[O-])cc2)CC2CCC1C2. The maximum Gasteiger partial charge on any atom is 0.338 e. The summed E-state index contributed by atoms with van der Waals surface area (Å²) in [4.78, 5) is 22.9. The Kier molecular flexibility index (Phi) is 3.69. The number of carbonyl (C=O) groups is 1. The second-order valence-electron chi connectivity index (χ2n) is 7.91. The van der Waals surface area contributed by atoms with Crippen molar-refractivity contribution in [1.29, 1.82) is 0 Å². The summed E-state index contributed by atoms with van der Waals surface area (Å²) >= 11 is 0. The van der Waals surface area contributed by atoms with Crippen molar-refractivity contribution in [3.8, 4) is 0 Å². The van der Waals surface area contributed by atoms with Gasteiger partial charge in [0.25, 0.3) is 5.69 Å². The third-order valence-corrected chi connectivity index (χ3v) is 5.65. The van der Waals surface area contributed by atoms with Crippen LogP contribution in [-0.2, 0) is 4.74 Å². The molecule has 2 aliphatic rings. The molecule has 0 spiro atoms. The molecule has 3 atom stereocenters. The van der Waals surface area contributed by atoms with E-state index in [9.17, 15) is 14.9 Å². The van der Waals surface area contributed by atoms with E-state index in [1.807, 2.05) is 0 Å². The Labute approximate surface area is 136 Å². The summed E-state index contributed by atoms with van der Waals surface area (Å²) in [6, 6.07) is 5.65. The average molecular weight is 317 g/mol. The average Bonchev–Trinajstić information content (AvgIpc) is 3.07. The van der Waals surface area contributed by atoms with E-state index < -0.39 is 10.5 Å². The highest BCUT2D eigenvalue weighted by molar-refractivity contribution is 5.90. The van der Waals surface area contributed by atoms with Crippen LogP contribution in [0, 0.1) is 27.4 Å². The summed E-state index contributed by atoms with van der Waals surface area (Å²) in [5.41, 5.74) is -0.188. The minimum Gasteiger partial charge on any atom is -0.455 e. The number of esters is 1. The van der Waals surface area contributed by atoms with Crippen LogP contribution in [-0.4, -0.2) is 16.5 Å². The zero-order valence-electron chi connectivity index (χ0n) is 13.9. The maximum absolute atomic E-state index is 12.6. The lowest BCUT2D eigenvalue weighted by atomic mass is 9.67. The van der Waals surface area contributed by atoms with Gasteiger partial charge in [0.05, 0.1) is 10.5 Å². The molecular formula is C18H23NO4. The van der Waals surface area contributed by atoms with Gasteiger partial charge in [-0.05, 0) is 49.7 Å². The first-order valence-electron chi connectivity index (χ1n) is 8.21. The van der Waals surface area contributed by atoms with Gasteiger partial charge in [0.1, 0.15) is 5.60 Å². The van der Waals surface area contributed by atoms with E-state index in [2.05, 4.69) is 20.8 Å². The predicted molar refractivity (Wildman–Crippen MR) is 86.1 cm³/mol. The minimum absolute atomic E-state index is 0.0213. The summed E-state index contributed by atoms with van der Waals surface area (Å²) in [7, 11) is 0. The van der Waals surface area contributed by atoms with Crippen LogP contribution in [0.3, 0.4) is 0 Å². The van der Waals surface area contributed by atoms with Gasteiger partial charge in [-0.15, -0.1) is 0 Å². The van der Waals surface area contributed by atoms with Gasteiger partial charge in [-0.1, -0.05) is 20.8 Å². The van der Waals surface area contributed by atoms with Crippen LogP contribution >= 0.6 is 0 Å². The van der Waals surface area contributed by atoms with Gasteiger partial charge in [0, 0.05) is 17.5 Å².